The van der Waals surface area contributed by atoms with Gasteiger partial charge < -0.3 is 9.47 Å². The van der Waals surface area contributed by atoms with Gasteiger partial charge in [0.2, 0.25) is 0 Å². The highest BCUT2D eigenvalue weighted by atomic mass is 35.5. The van der Waals surface area contributed by atoms with Gasteiger partial charge in [-0.25, -0.2) is 4.79 Å². The number of carbonyl (C=O) groups is 2. The van der Waals surface area contributed by atoms with E-state index in [0.29, 0.717) is 17.5 Å². The lowest BCUT2D eigenvalue weighted by Gasteiger charge is -2.34. The van der Waals surface area contributed by atoms with E-state index in [1.165, 1.54) is 19.3 Å². The van der Waals surface area contributed by atoms with E-state index in [2.05, 4.69) is 32.9 Å². The fourth-order valence-corrected chi connectivity index (χ4v) is 5.36. The van der Waals surface area contributed by atoms with Crippen LogP contribution in [0.4, 0.5) is 10.5 Å². The quantitative estimate of drug-likeness (QED) is 0.325. The molecule has 1 amide bonds. The maximum Gasteiger partial charge on any atom is 0.414 e. The molecule has 0 spiro atoms. The van der Waals surface area contributed by atoms with E-state index in [1.807, 2.05) is 32.9 Å². The summed E-state index contributed by atoms with van der Waals surface area (Å²) in [7, 11) is 0. The summed E-state index contributed by atoms with van der Waals surface area (Å²) in [6.07, 6.45) is 5.38. The third-order valence-electron chi connectivity index (χ3n) is 7.16. The van der Waals surface area contributed by atoms with Crippen LogP contribution in [0, 0.1) is 12.8 Å². The highest BCUT2D eigenvalue weighted by Gasteiger charge is 2.34. The van der Waals surface area contributed by atoms with Gasteiger partial charge >= 0.3 is 12.1 Å². The van der Waals surface area contributed by atoms with Crippen LogP contribution in [0.1, 0.15) is 94.9 Å². The Hall–Kier alpha value is -2.53. The first-order valence-corrected chi connectivity index (χ1v) is 14.0. The normalized spacial score (nSPS) is 15.2. The zero-order chi connectivity index (χ0) is 27.2. The number of ether oxygens (including phenoxy) is 2. The van der Waals surface area contributed by atoms with Crippen LogP contribution in [0.15, 0.2) is 36.4 Å². The Morgan fingerprint density at radius 3 is 2.19 bits per heavy atom. The Balaban J connectivity index is 2.27. The molecule has 6 heteroatoms. The van der Waals surface area contributed by atoms with Gasteiger partial charge in [-0.15, -0.1) is 0 Å². The summed E-state index contributed by atoms with van der Waals surface area (Å²) in [6.45, 7) is 13.2. The van der Waals surface area contributed by atoms with Crippen LogP contribution in [-0.4, -0.2) is 31.8 Å². The number of nitrogens with zero attached hydrogens (tertiary/aromatic N) is 1. The zero-order valence-corrected chi connectivity index (χ0v) is 24.0. The van der Waals surface area contributed by atoms with Crippen LogP contribution >= 0.6 is 11.6 Å². The topological polar surface area (TPSA) is 55.8 Å². The molecule has 1 fully saturated rings. The lowest BCUT2D eigenvalue weighted by Crippen LogP contribution is -2.38. The number of carbonyl (C=O) groups excluding carboxylic acids is 2. The van der Waals surface area contributed by atoms with Gasteiger partial charge in [-0.1, -0.05) is 75.9 Å². The molecule has 0 saturated heterocycles. The van der Waals surface area contributed by atoms with Crippen molar-refractivity contribution in [3.8, 4) is 0 Å². The molecular weight excluding hydrogens is 486 g/mol. The number of hydrogen-bond acceptors (Lipinski definition) is 4. The highest BCUT2D eigenvalue weighted by Crippen LogP contribution is 2.41. The summed E-state index contributed by atoms with van der Waals surface area (Å²) in [5, 5.41) is 0.594. The molecule has 3 rings (SSSR count). The molecule has 5 nitrogen and oxygen atoms in total. The number of rotatable bonds is 8. The second-order valence-corrected chi connectivity index (χ2v) is 11.5. The summed E-state index contributed by atoms with van der Waals surface area (Å²) in [5.74, 6) is -0.668. The third-order valence-corrected chi connectivity index (χ3v) is 7.41. The summed E-state index contributed by atoms with van der Waals surface area (Å²) in [4.78, 5) is 28.8. The lowest BCUT2D eigenvalue weighted by atomic mass is 9.80. The van der Waals surface area contributed by atoms with Crippen LogP contribution in [0.3, 0.4) is 0 Å². The van der Waals surface area contributed by atoms with Gasteiger partial charge in [-0.3, -0.25) is 9.69 Å². The van der Waals surface area contributed by atoms with E-state index in [4.69, 9.17) is 21.1 Å². The van der Waals surface area contributed by atoms with Crippen molar-refractivity contribution in [2.45, 2.75) is 85.0 Å². The molecule has 1 saturated carbocycles. The van der Waals surface area contributed by atoms with Gasteiger partial charge in [-0.05, 0) is 79.3 Å². The minimum Gasteiger partial charge on any atom is -0.465 e. The van der Waals surface area contributed by atoms with Crippen molar-refractivity contribution in [2.75, 3.05) is 24.7 Å². The van der Waals surface area contributed by atoms with Crippen LogP contribution < -0.4 is 4.90 Å². The maximum absolute atomic E-state index is 13.6. The molecule has 0 aliphatic heterocycles. The van der Waals surface area contributed by atoms with Crippen molar-refractivity contribution in [2.24, 2.45) is 5.92 Å². The molecule has 1 aliphatic rings. The van der Waals surface area contributed by atoms with Crippen LogP contribution in [-0.2, 0) is 19.7 Å². The van der Waals surface area contributed by atoms with E-state index >= 15 is 0 Å². The maximum atomic E-state index is 13.6. The van der Waals surface area contributed by atoms with Gasteiger partial charge in [0, 0.05) is 11.6 Å². The fourth-order valence-electron chi connectivity index (χ4n) is 5.24. The summed E-state index contributed by atoms with van der Waals surface area (Å²) in [6, 6.07) is 11.5. The number of hydrogen-bond donors (Lipinski definition) is 0. The smallest absolute Gasteiger partial charge is 0.414 e. The molecular formula is C31H42ClNO4. The van der Waals surface area contributed by atoms with Crippen molar-refractivity contribution in [3.63, 3.8) is 0 Å². The number of benzene rings is 2. The summed E-state index contributed by atoms with van der Waals surface area (Å²) in [5.41, 5.74) is 4.15. The van der Waals surface area contributed by atoms with Crippen LogP contribution in [0.25, 0.3) is 0 Å². The third kappa shape index (κ3) is 7.28. The van der Waals surface area contributed by atoms with Crippen LogP contribution in [0.5, 0.6) is 0 Å². The summed E-state index contributed by atoms with van der Waals surface area (Å²) >= 11 is 6.19. The molecule has 0 radical (unpaired) electrons. The number of amides is 1. The van der Waals surface area contributed by atoms with Gasteiger partial charge in [0.15, 0.2) is 0 Å². The zero-order valence-electron chi connectivity index (χ0n) is 23.2. The minimum atomic E-state index is -0.712. The lowest BCUT2D eigenvalue weighted by molar-refractivity contribution is -0.143. The largest absolute Gasteiger partial charge is 0.465 e. The van der Waals surface area contributed by atoms with E-state index in [0.717, 1.165) is 40.8 Å². The number of esters is 1. The second-order valence-electron chi connectivity index (χ2n) is 11.0. The van der Waals surface area contributed by atoms with Gasteiger partial charge in [-0.2, -0.15) is 0 Å². The van der Waals surface area contributed by atoms with Crippen molar-refractivity contribution in [1.82, 2.24) is 0 Å². The molecule has 2 aromatic carbocycles. The number of anilines is 1. The molecule has 2 aromatic rings. The average molecular weight is 528 g/mol. The standard InChI is InChI=1S/C31H42ClNO4/c1-7-36-29(34)27(23-14-16-25(32)17-15-23)26-19-24(31(4,5)6)18-21(3)28(26)33(30(35)37-8-2)20-22-12-10-9-11-13-22/h14-19,22,27H,7-13,20H2,1-6H3. The second kappa shape index (κ2) is 12.8. The van der Waals surface area contributed by atoms with E-state index in [9.17, 15) is 9.59 Å². The molecule has 0 N–H and O–H groups in total. The molecule has 1 aliphatic carbocycles. The molecule has 1 unspecified atom stereocenters. The SMILES string of the molecule is CCOC(=O)C(c1ccc(Cl)cc1)c1cc(C(C)(C)C)cc(C)c1N(CC1CCCCC1)C(=O)OCC. The van der Waals surface area contributed by atoms with Gasteiger partial charge in [0.25, 0.3) is 0 Å². The monoisotopic (exact) mass is 527 g/mol. The van der Waals surface area contributed by atoms with E-state index in [1.54, 1.807) is 17.0 Å². The fraction of sp³-hybridized carbons (Fsp3) is 0.548. The first-order chi connectivity index (χ1) is 17.6. The van der Waals surface area contributed by atoms with Crippen LogP contribution in [0.2, 0.25) is 5.02 Å². The Kier molecular flexibility index (Phi) is 10.1. The van der Waals surface area contributed by atoms with E-state index in [-0.39, 0.29) is 30.7 Å². The number of halogens is 1. The Labute approximate surface area is 227 Å². The Morgan fingerprint density at radius 1 is 1.00 bits per heavy atom. The highest BCUT2D eigenvalue weighted by molar-refractivity contribution is 6.30. The van der Waals surface area contributed by atoms with Crippen molar-refractivity contribution >= 4 is 29.4 Å². The molecule has 202 valence electrons. The van der Waals surface area contributed by atoms with Gasteiger partial charge in [0.05, 0.1) is 18.9 Å². The van der Waals surface area contributed by atoms with Crippen molar-refractivity contribution in [1.29, 1.82) is 0 Å². The molecule has 0 bridgehead atoms. The summed E-state index contributed by atoms with van der Waals surface area (Å²) < 4.78 is 11.2. The molecule has 37 heavy (non-hydrogen) atoms. The predicted octanol–water partition coefficient (Wildman–Crippen LogP) is 8.18. The first-order valence-electron chi connectivity index (χ1n) is 13.6. The van der Waals surface area contributed by atoms with Crippen molar-refractivity contribution in [3.05, 3.63) is 63.7 Å². The average Bonchev–Trinajstić information content (AvgIpc) is 2.84. The molecule has 0 aromatic heterocycles. The molecule has 0 heterocycles. The predicted molar refractivity (Wildman–Crippen MR) is 151 cm³/mol. The number of aryl methyl sites for hydroxylation is 1. The van der Waals surface area contributed by atoms with Crippen molar-refractivity contribution < 1.29 is 19.1 Å². The Bertz CT molecular complexity index is 1070. The van der Waals surface area contributed by atoms with Gasteiger partial charge in [0.1, 0.15) is 5.92 Å². The first kappa shape index (κ1) is 29.0. The van der Waals surface area contributed by atoms with E-state index < -0.39 is 5.92 Å². The minimum absolute atomic E-state index is 0.157. The molecule has 1 atom stereocenters. The Morgan fingerprint density at radius 2 is 1.62 bits per heavy atom.